The fourth-order valence-electron chi connectivity index (χ4n) is 4.03. The predicted molar refractivity (Wildman–Crippen MR) is 99.9 cm³/mol. The van der Waals surface area contributed by atoms with E-state index in [9.17, 15) is 23.2 Å². The second-order valence-corrected chi connectivity index (χ2v) is 7.86. The fraction of sp³-hybridized carbons (Fsp3) is 0.722. The lowest BCUT2D eigenvalue weighted by atomic mass is 10.1. The van der Waals surface area contributed by atoms with Gasteiger partial charge in [0.05, 0.1) is 31.5 Å². The van der Waals surface area contributed by atoms with Crippen molar-refractivity contribution in [2.75, 3.05) is 36.1 Å². The molecule has 0 unspecified atom stereocenters. The number of alkyl halides is 3. The quantitative estimate of drug-likeness (QED) is 0.459. The van der Waals surface area contributed by atoms with Crippen LogP contribution in [0.15, 0.2) is 16.0 Å². The van der Waals surface area contributed by atoms with Gasteiger partial charge in [0.1, 0.15) is 11.9 Å². The Kier molecular flexibility index (Phi) is 5.18. The van der Waals surface area contributed by atoms with Crippen LogP contribution in [-0.2, 0) is 11.3 Å². The van der Waals surface area contributed by atoms with Crippen LogP contribution >= 0.6 is 0 Å². The van der Waals surface area contributed by atoms with Gasteiger partial charge in [-0.2, -0.15) is 18.2 Å². The molecular formula is C18H24F3N5O3. The maximum atomic E-state index is 13.8. The number of hydrogen-bond acceptors (Lipinski definition) is 7. The molecule has 3 aliphatic rings. The molecule has 29 heavy (non-hydrogen) atoms. The van der Waals surface area contributed by atoms with E-state index in [1.807, 2.05) is 11.8 Å². The van der Waals surface area contributed by atoms with Crippen molar-refractivity contribution in [3.05, 3.63) is 16.4 Å². The van der Waals surface area contributed by atoms with E-state index in [0.29, 0.717) is 31.3 Å². The number of nitrogens with zero attached hydrogens (tertiary/aromatic N) is 5. The highest BCUT2D eigenvalue weighted by Crippen LogP contribution is 2.37. The summed E-state index contributed by atoms with van der Waals surface area (Å²) in [5, 5.41) is 12.6. The summed E-state index contributed by atoms with van der Waals surface area (Å²) < 4.78 is 48.0. The van der Waals surface area contributed by atoms with Gasteiger partial charge in [0, 0.05) is 25.1 Å². The third-order valence-electron chi connectivity index (χ3n) is 5.78. The molecule has 1 saturated heterocycles. The first kappa shape index (κ1) is 20.0. The minimum Gasteiger partial charge on any atom is -0.411 e. The number of halogens is 3. The zero-order chi connectivity index (χ0) is 20.8. The number of morpholine rings is 1. The average Bonchev–Trinajstić information content (AvgIpc) is 3.50. The van der Waals surface area contributed by atoms with Crippen LogP contribution in [0, 0.1) is 5.92 Å². The van der Waals surface area contributed by atoms with Gasteiger partial charge in [-0.05, 0) is 26.2 Å². The van der Waals surface area contributed by atoms with Crippen molar-refractivity contribution in [1.29, 1.82) is 0 Å². The van der Waals surface area contributed by atoms with Crippen molar-refractivity contribution < 1.29 is 23.1 Å². The minimum atomic E-state index is -4.49. The molecule has 0 aromatic carbocycles. The molecule has 4 rings (SSSR count). The molecule has 2 fully saturated rings. The average molecular weight is 415 g/mol. The maximum absolute atomic E-state index is 13.8. The summed E-state index contributed by atoms with van der Waals surface area (Å²) in [6.07, 6.45) is -3.17. The Balaban J connectivity index is 1.76. The van der Waals surface area contributed by atoms with Crippen LogP contribution in [-0.4, -0.2) is 65.0 Å². The molecule has 160 valence electrons. The van der Waals surface area contributed by atoms with Gasteiger partial charge >= 0.3 is 6.18 Å². The number of oxime groups is 1. The molecule has 2 aliphatic heterocycles. The van der Waals surface area contributed by atoms with Crippen molar-refractivity contribution in [1.82, 2.24) is 9.55 Å². The Morgan fingerprint density at radius 2 is 2.10 bits per heavy atom. The molecule has 1 aromatic heterocycles. The van der Waals surface area contributed by atoms with E-state index >= 15 is 0 Å². The van der Waals surface area contributed by atoms with Gasteiger partial charge in [0.15, 0.2) is 0 Å². The molecule has 0 bridgehead atoms. The van der Waals surface area contributed by atoms with Gasteiger partial charge < -0.3 is 19.7 Å². The highest BCUT2D eigenvalue weighted by Gasteiger charge is 2.48. The molecule has 2 atom stereocenters. The maximum Gasteiger partial charge on any atom is 0.408 e. The number of aromatic nitrogens is 2. The van der Waals surface area contributed by atoms with E-state index < -0.39 is 12.2 Å². The van der Waals surface area contributed by atoms with E-state index in [2.05, 4.69) is 10.1 Å². The molecule has 3 heterocycles. The smallest absolute Gasteiger partial charge is 0.408 e. The minimum absolute atomic E-state index is 0.0153. The Bertz CT molecular complexity index is 852. The molecular weight excluding hydrogens is 391 g/mol. The van der Waals surface area contributed by atoms with Gasteiger partial charge in [-0.15, -0.1) is 0 Å². The van der Waals surface area contributed by atoms with Crippen LogP contribution in [0.4, 0.5) is 24.9 Å². The van der Waals surface area contributed by atoms with E-state index in [1.165, 1.54) is 10.6 Å². The van der Waals surface area contributed by atoms with Gasteiger partial charge in [0.25, 0.3) is 5.56 Å². The number of fused-ring (bicyclic) bond motifs is 1. The number of ether oxygens (including phenoxy) is 1. The van der Waals surface area contributed by atoms with Crippen LogP contribution in [0.5, 0.6) is 0 Å². The normalized spacial score (nSPS) is 25.9. The largest absolute Gasteiger partial charge is 0.411 e. The molecule has 0 radical (unpaired) electrons. The highest BCUT2D eigenvalue weighted by atomic mass is 19.4. The highest BCUT2D eigenvalue weighted by molar-refractivity contribution is 5.92. The summed E-state index contributed by atoms with van der Waals surface area (Å²) in [6, 6.07) is -0.461. The Morgan fingerprint density at radius 3 is 2.72 bits per heavy atom. The standard InChI is InChI=1S/C18H24F3N5O3/c1-11-10-29-7-6-24(11)15-8-16(27)25-5-4-14(18(19,20)21)26(17(25)22-15)9-13(23-28)12-2-3-12/h8,11-12,14,28H,2-7,9-10H2,1H3/t11-,14+/m1/s1. The molecule has 1 saturated carbocycles. The third-order valence-corrected chi connectivity index (χ3v) is 5.78. The second kappa shape index (κ2) is 7.51. The van der Waals surface area contributed by atoms with Crippen LogP contribution in [0.2, 0.25) is 0 Å². The number of rotatable bonds is 4. The van der Waals surface area contributed by atoms with Crippen molar-refractivity contribution in [2.24, 2.45) is 11.1 Å². The van der Waals surface area contributed by atoms with E-state index in [1.54, 1.807) is 0 Å². The molecule has 0 amide bonds. The van der Waals surface area contributed by atoms with Gasteiger partial charge in [0.2, 0.25) is 5.95 Å². The molecule has 1 aromatic rings. The monoisotopic (exact) mass is 415 g/mol. The first-order valence-electron chi connectivity index (χ1n) is 9.80. The molecule has 0 spiro atoms. The first-order valence-corrected chi connectivity index (χ1v) is 9.80. The zero-order valence-corrected chi connectivity index (χ0v) is 16.1. The van der Waals surface area contributed by atoms with Gasteiger partial charge in [-0.3, -0.25) is 9.36 Å². The molecule has 1 aliphatic carbocycles. The summed E-state index contributed by atoms with van der Waals surface area (Å²) in [5.41, 5.74) is -0.0877. The number of hydrogen-bond donors (Lipinski definition) is 1. The summed E-state index contributed by atoms with van der Waals surface area (Å²) in [6.45, 7) is 3.07. The molecule has 8 nitrogen and oxygen atoms in total. The number of anilines is 2. The zero-order valence-electron chi connectivity index (χ0n) is 16.1. The lowest BCUT2D eigenvalue weighted by Gasteiger charge is -2.40. The molecule has 1 N–H and O–H groups in total. The Morgan fingerprint density at radius 1 is 1.34 bits per heavy atom. The second-order valence-electron chi connectivity index (χ2n) is 7.86. The SMILES string of the molecule is C[C@@H]1COCCN1c1cc(=O)n2c(n1)N(CC(=NO)C1CC1)[C@H](C(F)(F)F)CC2. The van der Waals surface area contributed by atoms with E-state index in [0.717, 1.165) is 17.7 Å². The van der Waals surface area contributed by atoms with Crippen molar-refractivity contribution in [3.63, 3.8) is 0 Å². The van der Waals surface area contributed by atoms with Gasteiger partial charge in [-0.25, -0.2) is 0 Å². The fourth-order valence-corrected chi connectivity index (χ4v) is 4.03. The van der Waals surface area contributed by atoms with Crippen LogP contribution in [0.25, 0.3) is 0 Å². The topological polar surface area (TPSA) is 83.2 Å². The van der Waals surface area contributed by atoms with Crippen molar-refractivity contribution >= 4 is 17.5 Å². The third kappa shape index (κ3) is 3.92. The summed E-state index contributed by atoms with van der Waals surface area (Å²) >= 11 is 0. The van der Waals surface area contributed by atoms with Crippen molar-refractivity contribution in [3.8, 4) is 0 Å². The summed E-state index contributed by atoms with van der Waals surface area (Å²) in [4.78, 5) is 20.2. The van der Waals surface area contributed by atoms with Crippen LogP contribution in [0.3, 0.4) is 0 Å². The Hall–Kier alpha value is -2.30. The Labute approximate surface area is 165 Å². The summed E-state index contributed by atoms with van der Waals surface area (Å²) in [7, 11) is 0. The van der Waals surface area contributed by atoms with Gasteiger partial charge in [-0.1, -0.05) is 5.16 Å². The predicted octanol–water partition coefficient (Wildman–Crippen LogP) is 1.85. The van der Waals surface area contributed by atoms with Crippen molar-refractivity contribution in [2.45, 2.75) is 51.0 Å². The molecule has 11 heteroatoms. The van der Waals surface area contributed by atoms with E-state index in [-0.39, 0.29) is 43.0 Å². The lowest BCUT2D eigenvalue weighted by Crippen LogP contribution is -2.54. The lowest BCUT2D eigenvalue weighted by molar-refractivity contribution is -0.152. The van der Waals surface area contributed by atoms with Crippen LogP contribution < -0.4 is 15.4 Å². The first-order chi connectivity index (χ1) is 13.8. The summed E-state index contributed by atoms with van der Waals surface area (Å²) in [5.74, 6) is 0.304. The van der Waals surface area contributed by atoms with E-state index in [4.69, 9.17) is 4.74 Å². The van der Waals surface area contributed by atoms with Crippen LogP contribution in [0.1, 0.15) is 26.2 Å².